The van der Waals surface area contributed by atoms with E-state index in [1.807, 2.05) is 0 Å². The van der Waals surface area contributed by atoms with Crippen LogP contribution in [0.25, 0.3) is 0 Å². The minimum absolute atomic E-state index is 0.0426. The number of nitrogens with two attached hydrogens (primary N) is 1. The lowest BCUT2D eigenvalue weighted by Crippen LogP contribution is -2.35. The lowest BCUT2D eigenvalue weighted by molar-refractivity contribution is 0.00445. The molecule has 2 heterocycles. The summed E-state index contributed by atoms with van der Waals surface area (Å²) in [6.45, 7) is -0.222. The van der Waals surface area contributed by atoms with Crippen LogP contribution in [0.3, 0.4) is 0 Å². The van der Waals surface area contributed by atoms with Crippen molar-refractivity contribution in [2.75, 3.05) is 17.7 Å². The molecule has 132 valence electrons. The van der Waals surface area contributed by atoms with Gasteiger partial charge in [-0.25, -0.2) is 4.98 Å². The highest BCUT2D eigenvalue weighted by molar-refractivity contribution is 7.10. The first-order valence-electron chi connectivity index (χ1n) is 7.47. The molecule has 3 rings (SSSR count). The van der Waals surface area contributed by atoms with Crippen molar-refractivity contribution < 1.29 is 15.3 Å². The van der Waals surface area contributed by atoms with Crippen molar-refractivity contribution in [2.45, 2.75) is 24.7 Å². The van der Waals surface area contributed by atoms with E-state index in [1.165, 1.54) is 11.3 Å². The third kappa shape index (κ3) is 3.84. The lowest BCUT2D eigenvalue weighted by atomic mass is 10.1. The van der Waals surface area contributed by atoms with Crippen LogP contribution in [0, 0.1) is 17.8 Å². The zero-order chi connectivity index (χ0) is 18.0. The number of nitrogens with one attached hydrogen (secondary N) is 1. The fourth-order valence-electron chi connectivity index (χ4n) is 2.69. The molecule has 2 aromatic rings. The quantitative estimate of drug-likeness (QED) is 0.372. The Labute approximate surface area is 152 Å². The summed E-state index contributed by atoms with van der Waals surface area (Å²) in [5.74, 6) is 5.53. The molecule has 0 spiro atoms. The van der Waals surface area contributed by atoms with Gasteiger partial charge in [-0.05, 0) is 12.3 Å². The smallest absolute Gasteiger partial charge is 0.223 e. The van der Waals surface area contributed by atoms with E-state index < -0.39 is 24.2 Å². The third-order valence-corrected chi connectivity index (χ3v) is 4.93. The number of aliphatic hydroxyl groups excluding tert-OH is 3. The van der Waals surface area contributed by atoms with Crippen LogP contribution < -0.4 is 11.1 Å². The van der Waals surface area contributed by atoms with Gasteiger partial charge in [0.2, 0.25) is 5.95 Å². The van der Waals surface area contributed by atoms with Gasteiger partial charge in [-0.1, -0.05) is 17.5 Å². The van der Waals surface area contributed by atoms with E-state index in [-0.39, 0.29) is 23.5 Å². The van der Waals surface area contributed by atoms with Gasteiger partial charge in [0, 0.05) is 24.1 Å². The molecular weight excluding hydrogens is 366 g/mol. The van der Waals surface area contributed by atoms with Gasteiger partial charge in [0.05, 0.1) is 12.1 Å². The number of hydrogen-bond acceptors (Lipinski definition) is 9. The summed E-state index contributed by atoms with van der Waals surface area (Å²) in [6.07, 6.45) is -0.0890. The summed E-state index contributed by atoms with van der Waals surface area (Å²) in [5, 5.41) is 34.9. The Morgan fingerprint density at radius 2 is 2.12 bits per heavy atom. The van der Waals surface area contributed by atoms with Gasteiger partial charge in [0.15, 0.2) is 10.2 Å². The second-order valence-electron chi connectivity index (χ2n) is 5.59. The third-order valence-electron chi connectivity index (χ3n) is 3.97. The average Bonchev–Trinajstić information content (AvgIpc) is 3.18. The van der Waals surface area contributed by atoms with Crippen molar-refractivity contribution in [2.24, 2.45) is 5.92 Å². The van der Waals surface area contributed by atoms with Crippen LogP contribution in [-0.2, 0) is 0 Å². The van der Waals surface area contributed by atoms with Crippen molar-refractivity contribution in [3.8, 4) is 11.8 Å². The highest BCUT2D eigenvalue weighted by atomic mass is 35.5. The van der Waals surface area contributed by atoms with E-state index in [9.17, 15) is 15.3 Å². The highest BCUT2D eigenvalue weighted by Gasteiger charge is 2.41. The fourth-order valence-corrected chi connectivity index (χ4v) is 3.40. The zero-order valence-corrected chi connectivity index (χ0v) is 14.5. The second kappa shape index (κ2) is 7.51. The molecular formula is C15H16ClN5O3S. The van der Waals surface area contributed by atoms with Crippen LogP contribution in [0.2, 0.25) is 5.15 Å². The maximum absolute atomic E-state index is 10.2. The summed E-state index contributed by atoms with van der Waals surface area (Å²) < 4.78 is 0. The molecule has 6 N–H and O–H groups in total. The van der Waals surface area contributed by atoms with E-state index in [0.717, 1.165) is 0 Å². The summed E-state index contributed by atoms with van der Waals surface area (Å²) in [4.78, 5) is 12.1. The van der Waals surface area contributed by atoms with Gasteiger partial charge in [0.25, 0.3) is 0 Å². The van der Waals surface area contributed by atoms with Gasteiger partial charge in [0.1, 0.15) is 17.5 Å². The number of rotatable bonds is 3. The predicted octanol–water partition coefficient (Wildman–Crippen LogP) is 0.0830. The Morgan fingerprint density at radius 3 is 2.76 bits per heavy atom. The number of aliphatic hydroxyl groups is 3. The number of aromatic nitrogens is 3. The van der Waals surface area contributed by atoms with Gasteiger partial charge < -0.3 is 26.4 Å². The molecule has 1 fully saturated rings. The summed E-state index contributed by atoms with van der Waals surface area (Å²) in [6, 6.07) is -0.530. The average molecular weight is 382 g/mol. The monoisotopic (exact) mass is 381 g/mol. The van der Waals surface area contributed by atoms with Crippen molar-refractivity contribution in [1.82, 2.24) is 15.0 Å². The molecule has 4 unspecified atom stereocenters. The molecule has 0 amide bonds. The maximum Gasteiger partial charge on any atom is 0.223 e. The molecule has 25 heavy (non-hydrogen) atoms. The van der Waals surface area contributed by atoms with Gasteiger partial charge in [-0.2, -0.15) is 9.97 Å². The van der Waals surface area contributed by atoms with Gasteiger partial charge in [-0.15, -0.1) is 11.3 Å². The first-order valence-corrected chi connectivity index (χ1v) is 8.73. The molecule has 1 saturated carbocycles. The lowest BCUT2D eigenvalue weighted by Gasteiger charge is -2.19. The molecule has 1 aliphatic carbocycles. The number of anilines is 2. The first kappa shape index (κ1) is 17.8. The largest absolute Gasteiger partial charge is 0.396 e. The molecule has 8 nitrogen and oxygen atoms in total. The normalized spacial score (nSPS) is 25.4. The van der Waals surface area contributed by atoms with E-state index in [2.05, 4.69) is 32.1 Å². The first-order chi connectivity index (χ1) is 12.0. The van der Waals surface area contributed by atoms with Crippen molar-refractivity contribution in [3.05, 3.63) is 27.3 Å². The van der Waals surface area contributed by atoms with Gasteiger partial charge in [-0.3, -0.25) is 0 Å². The highest BCUT2D eigenvalue weighted by Crippen LogP contribution is 2.30. The van der Waals surface area contributed by atoms with E-state index in [1.54, 1.807) is 11.6 Å². The molecule has 0 aliphatic heterocycles. The Hall–Kier alpha value is -1.96. The fraction of sp³-hybridized carbons (Fsp3) is 0.400. The molecule has 2 aromatic heterocycles. The topological polar surface area (TPSA) is 137 Å². The second-order valence-corrected chi connectivity index (χ2v) is 6.85. The summed E-state index contributed by atoms with van der Waals surface area (Å²) >= 11 is 7.52. The van der Waals surface area contributed by atoms with Crippen molar-refractivity contribution in [1.29, 1.82) is 0 Å². The van der Waals surface area contributed by atoms with Crippen LogP contribution in [0.4, 0.5) is 11.8 Å². The van der Waals surface area contributed by atoms with Crippen LogP contribution in [0.1, 0.15) is 17.0 Å². The Bertz CT molecular complexity index is 807. The van der Waals surface area contributed by atoms with Crippen molar-refractivity contribution in [3.63, 3.8) is 0 Å². The van der Waals surface area contributed by atoms with Crippen LogP contribution in [-0.4, -0.2) is 55.1 Å². The number of nitrogen functional groups attached to an aromatic ring is 1. The molecule has 4 atom stereocenters. The Kier molecular flexibility index (Phi) is 5.36. The van der Waals surface area contributed by atoms with Crippen molar-refractivity contribution >= 4 is 34.7 Å². The number of hydrogen-bond donors (Lipinski definition) is 5. The van der Waals surface area contributed by atoms with Crippen LogP contribution in [0.15, 0.2) is 11.6 Å². The minimum atomic E-state index is -1.06. The minimum Gasteiger partial charge on any atom is -0.396 e. The SMILES string of the molecule is Nc1nc(Cl)c(C#Cc2nccs2)c(NC2CC(CO)C(O)C2O)n1. The van der Waals surface area contributed by atoms with Gasteiger partial charge >= 0.3 is 0 Å². The Morgan fingerprint density at radius 1 is 1.32 bits per heavy atom. The summed E-state index contributed by atoms with van der Waals surface area (Å²) in [5.41, 5.74) is 5.97. The summed E-state index contributed by atoms with van der Waals surface area (Å²) in [7, 11) is 0. The van der Waals surface area contributed by atoms with Crippen LogP contribution >= 0.6 is 22.9 Å². The Balaban J connectivity index is 1.90. The maximum atomic E-state index is 10.2. The molecule has 0 aromatic carbocycles. The zero-order valence-electron chi connectivity index (χ0n) is 12.9. The molecule has 10 heteroatoms. The molecule has 0 bridgehead atoms. The molecule has 0 radical (unpaired) electrons. The predicted molar refractivity (Wildman–Crippen MR) is 94.2 cm³/mol. The van der Waals surface area contributed by atoms with E-state index >= 15 is 0 Å². The number of halogens is 1. The van der Waals surface area contributed by atoms with Crippen LogP contribution in [0.5, 0.6) is 0 Å². The number of thiazole rings is 1. The number of nitrogens with zero attached hydrogens (tertiary/aromatic N) is 3. The van der Waals surface area contributed by atoms with E-state index in [4.69, 9.17) is 17.3 Å². The standard InChI is InChI=1S/C15H16ClN5O3S/c16-13-8(1-2-10-18-3-4-25-10)14(21-15(17)20-13)19-9-5-7(6-22)11(23)12(9)24/h3-4,7,9,11-12,22-24H,5-6H2,(H3,17,19,20,21). The van der Waals surface area contributed by atoms with E-state index in [0.29, 0.717) is 17.0 Å². The molecule has 0 saturated heterocycles. The molecule has 1 aliphatic rings.